The van der Waals surface area contributed by atoms with Gasteiger partial charge in [0.25, 0.3) is 5.91 Å². The van der Waals surface area contributed by atoms with Crippen molar-refractivity contribution in [3.63, 3.8) is 0 Å². The van der Waals surface area contributed by atoms with Gasteiger partial charge in [0.2, 0.25) is 0 Å². The van der Waals surface area contributed by atoms with Crippen molar-refractivity contribution in [2.45, 2.75) is 64.3 Å². The summed E-state index contributed by atoms with van der Waals surface area (Å²) in [7, 11) is 0. The Labute approximate surface area is 140 Å². The van der Waals surface area contributed by atoms with Gasteiger partial charge in [-0.05, 0) is 78.9 Å². The minimum absolute atomic E-state index is 0.128. The van der Waals surface area contributed by atoms with Crippen LogP contribution in [0.2, 0.25) is 0 Å². The van der Waals surface area contributed by atoms with Gasteiger partial charge >= 0.3 is 0 Å². The second-order valence-electron chi connectivity index (χ2n) is 9.26. The third-order valence-electron chi connectivity index (χ3n) is 6.54. The lowest BCUT2D eigenvalue weighted by Crippen LogP contribution is -2.55. The Morgan fingerprint density at radius 2 is 1.43 bits per heavy atom. The van der Waals surface area contributed by atoms with Gasteiger partial charge in [-0.1, -0.05) is 32.9 Å². The summed E-state index contributed by atoms with van der Waals surface area (Å²) >= 11 is 0. The molecule has 1 amide bonds. The monoisotopic (exact) mass is 311 g/mol. The molecule has 1 aromatic carbocycles. The minimum Gasteiger partial charge on any atom is -0.349 e. The summed E-state index contributed by atoms with van der Waals surface area (Å²) in [6, 6.07) is 8.62. The highest BCUT2D eigenvalue weighted by Gasteiger charge is 2.48. The Kier molecular flexibility index (Phi) is 3.55. The molecule has 1 aromatic rings. The fourth-order valence-corrected chi connectivity index (χ4v) is 5.52. The Morgan fingerprint density at radius 1 is 0.913 bits per heavy atom. The maximum Gasteiger partial charge on any atom is 0.251 e. The van der Waals surface area contributed by atoms with E-state index >= 15 is 0 Å². The Hall–Kier alpha value is -1.31. The quantitative estimate of drug-likeness (QED) is 0.853. The molecule has 4 aliphatic carbocycles. The highest BCUT2D eigenvalue weighted by atomic mass is 16.1. The molecular formula is C21H29NO. The molecular weight excluding hydrogens is 282 g/mol. The fraction of sp³-hybridized carbons (Fsp3) is 0.667. The second-order valence-corrected chi connectivity index (χ2v) is 9.26. The van der Waals surface area contributed by atoms with E-state index in [0.717, 1.165) is 29.2 Å². The van der Waals surface area contributed by atoms with Gasteiger partial charge in [0, 0.05) is 11.6 Å². The lowest BCUT2D eigenvalue weighted by Gasteiger charge is -2.54. The molecule has 0 aromatic heterocycles. The molecule has 1 N–H and O–H groups in total. The zero-order valence-corrected chi connectivity index (χ0v) is 14.6. The number of nitrogens with one attached hydrogen (secondary N) is 1. The van der Waals surface area contributed by atoms with Crippen LogP contribution in [-0.4, -0.2) is 11.9 Å². The number of carbonyl (C=O) groups excluding carboxylic acids is 1. The number of carbonyl (C=O) groups is 1. The van der Waals surface area contributed by atoms with Gasteiger partial charge in [-0.2, -0.15) is 0 Å². The maximum absolute atomic E-state index is 12.7. The summed E-state index contributed by atoms with van der Waals surface area (Å²) in [5, 5.41) is 3.40. The highest BCUT2D eigenvalue weighted by Crippen LogP contribution is 2.53. The number of benzene rings is 1. The normalized spacial score (nSPS) is 35.3. The predicted molar refractivity (Wildman–Crippen MR) is 93.4 cm³/mol. The largest absolute Gasteiger partial charge is 0.349 e. The summed E-state index contributed by atoms with van der Waals surface area (Å²) in [5.74, 6) is 3.52. The van der Waals surface area contributed by atoms with E-state index in [9.17, 15) is 4.79 Å². The first-order valence-corrected chi connectivity index (χ1v) is 9.31. The molecule has 0 spiro atoms. The lowest BCUT2D eigenvalue weighted by atomic mass is 9.54. The summed E-state index contributed by atoms with van der Waals surface area (Å²) < 4.78 is 0. The molecule has 0 saturated heterocycles. The van der Waals surface area contributed by atoms with Crippen LogP contribution in [0.4, 0.5) is 0 Å². The van der Waals surface area contributed by atoms with Crippen molar-refractivity contribution in [3.05, 3.63) is 35.4 Å². The van der Waals surface area contributed by atoms with Gasteiger partial charge in [0.15, 0.2) is 0 Å². The molecule has 0 unspecified atom stereocenters. The first-order chi connectivity index (χ1) is 10.9. The predicted octanol–water partition coefficient (Wildman–Crippen LogP) is 4.54. The average Bonchev–Trinajstić information content (AvgIpc) is 2.49. The SMILES string of the molecule is CC(C)(C)c1ccc(C(=O)NC2C3CC4CC(C3)CC2C4)cc1. The summed E-state index contributed by atoms with van der Waals surface area (Å²) in [6.45, 7) is 6.61. The van der Waals surface area contributed by atoms with Crippen molar-refractivity contribution in [1.82, 2.24) is 5.32 Å². The van der Waals surface area contributed by atoms with Crippen molar-refractivity contribution in [2.24, 2.45) is 23.7 Å². The van der Waals surface area contributed by atoms with Gasteiger partial charge in [0.05, 0.1) is 0 Å². The summed E-state index contributed by atoms with van der Waals surface area (Å²) in [5.41, 5.74) is 2.23. The van der Waals surface area contributed by atoms with Crippen molar-refractivity contribution >= 4 is 5.91 Å². The van der Waals surface area contributed by atoms with Gasteiger partial charge < -0.3 is 5.32 Å². The second kappa shape index (κ2) is 5.36. The molecule has 4 aliphatic rings. The molecule has 5 rings (SSSR count). The zero-order chi connectivity index (χ0) is 16.2. The molecule has 2 heteroatoms. The highest BCUT2D eigenvalue weighted by molar-refractivity contribution is 5.94. The molecule has 4 bridgehead atoms. The van der Waals surface area contributed by atoms with Gasteiger partial charge in [-0.3, -0.25) is 4.79 Å². The van der Waals surface area contributed by atoms with E-state index < -0.39 is 0 Å². The summed E-state index contributed by atoms with van der Waals surface area (Å²) in [4.78, 5) is 12.7. The van der Waals surface area contributed by atoms with E-state index in [4.69, 9.17) is 0 Å². The van der Waals surface area contributed by atoms with Crippen LogP contribution in [-0.2, 0) is 5.41 Å². The summed E-state index contributed by atoms with van der Waals surface area (Å²) in [6.07, 6.45) is 6.85. The number of rotatable bonds is 2. The molecule has 0 atom stereocenters. The first-order valence-electron chi connectivity index (χ1n) is 9.31. The van der Waals surface area contributed by atoms with Gasteiger partial charge in [-0.25, -0.2) is 0 Å². The zero-order valence-electron chi connectivity index (χ0n) is 14.6. The van der Waals surface area contributed by atoms with Crippen molar-refractivity contribution < 1.29 is 4.79 Å². The van der Waals surface area contributed by atoms with Crippen molar-refractivity contribution in [1.29, 1.82) is 0 Å². The molecule has 0 aliphatic heterocycles. The lowest BCUT2D eigenvalue weighted by molar-refractivity contribution is -0.0119. The topological polar surface area (TPSA) is 29.1 Å². The molecule has 0 heterocycles. The Bertz CT molecular complexity index is 567. The number of amides is 1. The fourth-order valence-electron chi connectivity index (χ4n) is 5.52. The molecule has 23 heavy (non-hydrogen) atoms. The third kappa shape index (κ3) is 2.81. The Balaban J connectivity index is 1.46. The van der Waals surface area contributed by atoms with Crippen LogP contribution < -0.4 is 5.32 Å². The van der Waals surface area contributed by atoms with E-state index in [1.807, 2.05) is 12.1 Å². The van der Waals surface area contributed by atoms with Crippen LogP contribution in [0.5, 0.6) is 0 Å². The van der Waals surface area contributed by atoms with Gasteiger partial charge in [0.1, 0.15) is 0 Å². The van der Waals surface area contributed by atoms with E-state index in [0.29, 0.717) is 6.04 Å². The van der Waals surface area contributed by atoms with E-state index in [2.05, 4.69) is 38.2 Å². The van der Waals surface area contributed by atoms with Crippen LogP contribution in [0.3, 0.4) is 0 Å². The van der Waals surface area contributed by atoms with E-state index in [1.54, 1.807) is 0 Å². The number of hydrogen-bond donors (Lipinski definition) is 1. The van der Waals surface area contributed by atoms with Crippen molar-refractivity contribution in [3.8, 4) is 0 Å². The maximum atomic E-state index is 12.7. The van der Waals surface area contributed by atoms with Crippen LogP contribution in [0.15, 0.2) is 24.3 Å². The molecule has 4 fully saturated rings. The van der Waals surface area contributed by atoms with Gasteiger partial charge in [-0.15, -0.1) is 0 Å². The standard InChI is InChI=1S/C21H29NO/c1-21(2,3)18-6-4-15(5-7-18)20(23)22-19-16-9-13-8-14(11-16)12-17(19)10-13/h4-7,13-14,16-17,19H,8-12H2,1-3H3,(H,22,23). The molecule has 124 valence electrons. The van der Waals surface area contributed by atoms with Crippen LogP contribution in [0, 0.1) is 23.7 Å². The minimum atomic E-state index is 0.128. The molecule has 0 radical (unpaired) electrons. The van der Waals surface area contributed by atoms with E-state index in [1.165, 1.54) is 37.7 Å². The van der Waals surface area contributed by atoms with Crippen molar-refractivity contribution in [2.75, 3.05) is 0 Å². The smallest absolute Gasteiger partial charge is 0.251 e. The van der Waals surface area contributed by atoms with E-state index in [-0.39, 0.29) is 11.3 Å². The van der Waals surface area contributed by atoms with Crippen LogP contribution in [0.25, 0.3) is 0 Å². The Morgan fingerprint density at radius 3 is 1.91 bits per heavy atom. The first kappa shape index (κ1) is 15.2. The van der Waals surface area contributed by atoms with Crippen LogP contribution >= 0.6 is 0 Å². The molecule has 4 saturated carbocycles. The van der Waals surface area contributed by atoms with Crippen LogP contribution in [0.1, 0.15) is 68.8 Å². The number of hydrogen-bond acceptors (Lipinski definition) is 1. The third-order valence-corrected chi connectivity index (χ3v) is 6.54. The average molecular weight is 311 g/mol. The molecule has 2 nitrogen and oxygen atoms in total.